The molecule has 0 radical (unpaired) electrons. The van der Waals surface area contributed by atoms with Crippen LogP contribution < -0.4 is 0 Å². The lowest BCUT2D eigenvalue weighted by molar-refractivity contribution is 1.12. The Kier molecular flexibility index (Phi) is 2.15. The molecule has 0 bridgehead atoms. The van der Waals surface area contributed by atoms with Gasteiger partial charge in [-0.1, -0.05) is 0 Å². The number of rotatable bonds is 1. The van der Waals surface area contributed by atoms with Gasteiger partial charge in [0.2, 0.25) is 0 Å². The fourth-order valence-corrected chi connectivity index (χ4v) is 2.09. The van der Waals surface area contributed by atoms with Gasteiger partial charge in [0, 0.05) is 11.4 Å². The molecule has 0 saturated carbocycles. The van der Waals surface area contributed by atoms with Crippen LogP contribution in [-0.2, 0) is 0 Å². The Morgan fingerprint density at radius 1 is 1.08 bits per heavy atom. The summed E-state index contributed by atoms with van der Waals surface area (Å²) < 4.78 is 0. The summed E-state index contributed by atoms with van der Waals surface area (Å²) in [5.41, 5.74) is 4.73. The summed E-state index contributed by atoms with van der Waals surface area (Å²) in [6.45, 7) is 4.06. The molecule has 2 aromatic rings. The predicted octanol–water partition coefficient (Wildman–Crippen LogP) is 3.43. The third kappa shape index (κ3) is 1.78. The second kappa shape index (κ2) is 3.30. The van der Waals surface area contributed by atoms with Crippen molar-refractivity contribution in [3.8, 4) is 11.1 Å². The Hall–Kier alpha value is -1.15. The highest BCUT2D eigenvalue weighted by molar-refractivity contribution is 7.08. The molecule has 2 heterocycles. The van der Waals surface area contributed by atoms with E-state index in [1.807, 2.05) is 13.8 Å². The molecule has 0 N–H and O–H groups in total. The second-order valence-corrected chi connectivity index (χ2v) is 3.93. The van der Waals surface area contributed by atoms with Crippen LogP contribution >= 0.6 is 11.3 Å². The fourth-order valence-electron chi connectivity index (χ4n) is 1.43. The van der Waals surface area contributed by atoms with Crippen LogP contribution in [0.2, 0.25) is 0 Å². The van der Waals surface area contributed by atoms with Gasteiger partial charge in [-0.25, -0.2) is 0 Å². The van der Waals surface area contributed by atoms with Gasteiger partial charge in [0.15, 0.2) is 0 Å². The molecule has 0 saturated heterocycles. The molecule has 0 amide bonds. The molecule has 13 heavy (non-hydrogen) atoms. The van der Waals surface area contributed by atoms with Crippen LogP contribution in [0.15, 0.2) is 29.0 Å². The van der Waals surface area contributed by atoms with Gasteiger partial charge in [-0.3, -0.25) is 4.98 Å². The van der Waals surface area contributed by atoms with Gasteiger partial charge in [0.05, 0.1) is 0 Å². The van der Waals surface area contributed by atoms with Crippen LogP contribution in [0.5, 0.6) is 0 Å². The van der Waals surface area contributed by atoms with Crippen LogP contribution in [0, 0.1) is 13.8 Å². The third-order valence-electron chi connectivity index (χ3n) is 1.94. The Morgan fingerprint density at radius 2 is 1.77 bits per heavy atom. The Balaban J connectivity index is 2.53. The van der Waals surface area contributed by atoms with Crippen molar-refractivity contribution >= 4 is 11.3 Å². The number of pyridine rings is 1. The van der Waals surface area contributed by atoms with Crippen molar-refractivity contribution in [3.63, 3.8) is 0 Å². The van der Waals surface area contributed by atoms with Crippen LogP contribution in [-0.4, -0.2) is 4.98 Å². The Labute approximate surface area is 82.1 Å². The zero-order valence-corrected chi connectivity index (χ0v) is 8.56. The quantitative estimate of drug-likeness (QED) is 0.669. The topological polar surface area (TPSA) is 12.9 Å². The molecule has 2 heteroatoms. The summed E-state index contributed by atoms with van der Waals surface area (Å²) in [6.07, 6.45) is 0. The SMILES string of the molecule is Cc1cc(-c2ccsc2)cc(C)n1. The summed E-state index contributed by atoms with van der Waals surface area (Å²) in [5.74, 6) is 0. The van der Waals surface area contributed by atoms with Crippen LogP contribution in [0.25, 0.3) is 11.1 Å². The van der Waals surface area contributed by atoms with Gasteiger partial charge in [-0.15, -0.1) is 0 Å². The number of hydrogen-bond donors (Lipinski definition) is 0. The Morgan fingerprint density at radius 3 is 2.31 bits per heavy atom. The molecular weight excluding hydrogens is 178 g/mol. The smallest absolute Gasteiger partial charge is 0.0382 e. The van der Waals surface area contributed by atoms with E-state index in [1.165, 1.54) is 11.1 Å². The van der Waals surface area contributed by atoms with Crippen LogP contribution in [0.1, 0.15) is 11.4 Å². The van der Waals surface area contributed by atoms with E-state index < -0.39 is 0 Å². The van der Waals surface area contributed by atoms with Crippen molar-refractivity contribution in [2.75, 3.05) is 0 Å². The minimum absolute atomic E-state index is 1.08. The number of thiophene rings is 1. The van der Waals surface area contributed by atoms with Crippen molar-refractivity contribution in [1.82, 2.24) is 4.98 Å². The molecule has 2 rings (SSSR count). The largest absolute Gasteiger partial charge is 0.258 e. The van der Waals surface area contributed by atoms with Crippen molar-refractivity contribution in [2.24, 2.45) is 0 Å². The number of aromatic nitrogens is 1. The molecule has 0 aliphatic carbocycles. The number of nitrogens with zero attached hydrogens (tertiary/aromatic N) is 1. The van der Waals surface area contributed by atoms with E-state index in [0.717, 1.165) is 11.4 Å². The maximum absolute atomic E-state index is 4.35. The second-order valence-electron chi connectivity index (χ2n) is 3.15. The average molecular weight is 189 g/mol. The van der Waals surface area contributed by atoms with E-state index in [-0.39, 0.29) is 0 Å². The van der Waals surface area contributed by atoms with Gasteiger partial charge >= 0.3 is 0 Å². The fraction of sp³-hybridized carbons (Fsp3) is 0.182. The molecule has 0 aromatic carbocycles. The van der Waals surface area contributed by atoms with Gasteiger partial charge in [-0.2, -0.15) is 11.3 Å². The first-order chi connectivity index (χ1) is 6.25. The van der Waals surface area contributed by atoms with E-state index in [4.69, 9.17) is 0 Å². The Bertz CT molecular complexity index is 384. The van der Waals surface area contributed by atoms with Crippen molar-refractivity contribution in [2.45, 2.75) is 13.8 Å². The average Bonchev–Trinajstić information content (AvgIpc) is 2.53. The minimum atomic E-state index is 1.08. The molecule has 0 fully saturated rings. The maximum atomic E-state index is 4.35. The zero-order valence-electron chi connectivity index (χ0n) is 7.74. The molecule has 0 aliphatic heterocycles. The lowest BCUT2D eigenvalue weighted by Gasteiger charge is -2.01. The molecule has 2 aromatic heterocycles. The van der Waals surface area contributed by atoms with E-state index in [9.17, 15) is 0 Å². The lowest BCUT2D eigenvalue weighted by atomic mass is 10.1. The predicted molar refractivity (Wildman–Crippen MR) is 57.0 cm³/mol. The molecule has 0 unspecified atom stereocenters. The zero-order chi connectivity index (χ0) is 9.26. The first-order valence-corrected chi connectivity index (χ1v) is 5.18. The number of aryl methyl sites for hydroxylation is 2. The standard InChI is InChI=1S/C11H11NS/c1-8-5-11(6-9(2)12-8)10-3-4-13-7-10/h3-7H,1-2H3. The normalized spacial score (nSPS) is 10.3. The highest BCUT2D eigenvalue weighted by atomic mass is 32.1. The monoisotopic (exact) mass is 189 g/mol. The third-order valence-corrected chi connectivity index (χ3v) is 2.62. The maximum Gasteiger partial charge on any atom is 0.0382 e. The molecule has 0 spiro atoms. The molecule has 0 atom stereocenters. The first kappa shape index (κ1) is 8.45. The van der Waals surface area contributed by atoms with Crippen LogP contribution in [0.3, 0.4) is 0 Å². The molecular formula is C11H11NS. The summed E-state index contributed by atoms with van der Waals surface area (Å²) in [7, 11) is 0. The van der Waals surface area contributed by atoms with Crippen molar-refractivity contribution in [3.05, 3.63) is 40.3 Å². The lowest BCUT2D eigenvalue weighted by Crippen LogP contribution is -1.86. The van der Waals surface area contributed by atoms with E-state index >= 15 is 0 Å². The van der Waals surface area contributed by atoms with Crippen molar-refractivity contribution < 1.29 is 0 Å². The molecule has 0 aliphatic rings. The van der Waals surface area contributed by atoms with Gasteiger partial charge in [0.1, 0.15) is 0 Å². The van der Waals surface area contributed by atoms with E-state index in [1.54, 1.807) is 11.3 Å². The van der Waals surface area contributed by atoms with Gasteiger partial charge in [0.25, 0.3) is 0 Å². The van der Waals surface area contributed by atoms with E-state index in [2.05, 4.69) is 33.9 Å². The number of hydrogen-bond acceptors (Lipinski definition) is 2. The summed E-state index contributed by atoms with van der Waals surface area (Å²) in [6, 6.07) is 6.38. The van der Waals surface area contributed by atoms with Gasteiger partial charge < -0.3 is 0 Å². The molecule has 66 valence electrons. The summed E-state index contributed by atoms with van der Waals surface area (Å²) in [4.78, 5) is 4.35. The van der Waals surface area contributed by atoms with Crippen molar-refractivity contribution in [1.29, 1.82) is 0 Å². The summed E-state index contributed by atoms with van der Waals surface area (Å²) in [5, 5.41) is 4.26. The summed E-state index contributed by atoms with van der Waals surface area (Å²) >= 11 is 1.73. The van der Waals surface area contributed by atoms with Crippen LogP contribution in [0.4, 0.5) is 0 Å². The molecule has 1 nitrogen and oxygen atoms in total. The highest BCUT2D eigenvalue weighted by Crippen LogP contribution is 2.22. The first-order valence-electron chi connectivity index (χ1n) is 4.23. The highest BCUT2D eigenvalue weighted by Gasteiger charge is 1.99. The van der Waals surface area contributed by atoms with E-state index in [0.29, 0.717) is 0 Å². The minimum Gasteiger partial charge on any atom is -0.258 e. The van der Waals surface area contributed by atoms with Gasteiger partial charge in [-0.05, 0) is 53.9 Å².